The molecule has 0 aliphatic heterocycles. The first-order valence-corrected chi connectivity index (χ1v) is 7.42. The Morgan fingerprint density at radius 2 is 1.67 bits per heavy atom. The van der Waals surface area contributed by atoms with E-state index in [9.17, 15) is 0 Å². The second-order valence-corrected chi connectivity index (χ2v) is 5.06. The first-order chi connectivity index (χ1) is 7.41. The smallest absolute Gasteiger partial charge is 0.178 e. The maximum atomic E-state index is 5.34. The topological polar surface area (TPSA) is 30.8 Å². The van der Waals surface area contributed by atoms with Gasteiger partial charge >= 0.3 is 0 Å². The average Bonchev–Trinajstić information content (AvgIpc) is 2.26. The molecule has 0 rings (SSSR count). The molecular formula is C10H23NO2P2. The molecule has 0 aromatic carbocycles. The second-order valence-electron chi connectivity index (χ2n) is 3.37. The number of hydrogen-bond acceptors (Lipinski definition) is 3. The zero-order chi connectivity index (χ0) is 11.2. The van der Waals surface area contributed by atoms with Gasteiger partial charge in [0.2, 0.25) is 0 Å². The minimum absolute atomic E-state index is 0.243. The van der Waals surface area contributed by atoms with Crippen molar-refractivity contribution in [3.63, 3.8) is 0 Å². The van der Waals surface area contributed by atoms with Crippen molar-refractivity contribution in [1.82, 2.24) is 0 Å². The van der Waals surface area contributed by atoms with Crippen LogP contribution in [0.15, 0.2) is 4.52 Å². The standard InChI is InChI=1S/C10H23NO2P2/c1-3-5-7-9-12-14-11-15-13-10-8-6-4-2/h14H,3-10H2,1-2H3. The summed E-state index contributed by atoms with van der Waals surface area (Å²) in [5.41, 5.74) is 0. The summed E-state index contributed by atoms with van der Waals surface area (Å²) in [5.74, 6) is 0. The molecule has 3 nitrogen and oxygen atoms in total. The largest absolute Gasteiger partial charge is 0.340 e. The maximum Gasteiger partial charge on any atom is 0.178 e. The minimum atomic E-state index is 0.243. The second kappa shape index (κ2) is 14.5. The minimum Gasteiger partial charge on any atom is -0.340 e. The quantitative estimate of drug-likeness (QED) is 0.384. The van der Waals surface area contributed by atoms with Gasteiger partial charge in [-0.1, -0.05) is 39.5 Å². The Hall–Kier alpha value is 0.450. The monoisotopic (exact) mass is 251 g/mol. The van der Waals surface area contributed by atoms with Crippen LogP contribution in [-0.4, -0.2) is 13.2 Å². The molecule has 0 spiro atoms. The molecule has 0 heterocycles. The van der Waals surface area contributed by atoms with E-state index in [1.165, 1.54) is 25.7 Å². The third kappa shape index (κ3) is 14.5. The van der Waals surface area contributed by atoms with E-state index in [0.717, 1.165) is 34.7 Å². The van der Waals surface area contributed by atoms with E-state index in [0.29, 0.717) is 0 Å². The van der Waals surface area contributed by atoms with Gasteiger partial charge in [-0.15, -0.1) is 0 Å². The van der Waals surface area contributed by atoms with Gasteiger partial charge in [0.1, 0.15) is 8.96 Å². The van der Waals surface area contributed by atoms with Crippen LogP contribution in [0.4, 0.5) is 0 Å². The molecule has 0 aromatic heterocycles. The van der Waals surface area contributed by atoms with Crippen molar-refractivity contribution in [3.8, 4) is 0 Å². The van der Waals surface area contributed by atoms with Crippen LogP contribution >= 0.6 is 17.6 Å². The van der Waals surface area contributed by atoms with E-state index < -0.39 is 0 Å². The van der Waals surface area contributed by atoms with Gasteiger partial charge in [0.05, 0.1) is 13.2 Å². The normalized spacial score (nSPS) is 12.1. The maximum absolute atomic E-state index is 5.34. The third-order valence-corrected chi connectivity index (χ3v) is 3.18. The SMILES string of the molecule is CCCCCOP=NPOCCCCC. The van der Waals surface area contributed by atoms with E-state index in [2.05, 4.69) is 18.4 Å². The van der Waals surface area contributed by atoms with Crippen LogP contribution in [0.3, 0.4) is 0 Å². The van der Waals surface area contributed by atoms with Gasteiger partial charge in [0, 0.05) is 0 Å². The van der Waals surface area contributed by atoms with E-state index in [4.69, 9.17) is 9.05 Å². The first kappa shape index (κ1) is 15.4. The molecule has 0 radical (unpaired) electrons. The van der Waals surface area contributed by atoms with Crippen molar-refractivity contribution in [1.29, 1.82) is 0 Å². The van der Waals surface area contributed by atoms with Crippen LogP contribution in [-0.2, 0) is 9.05 Å². The number of hydrogen-bond donors (Lipinski definition) is 0. The molecule has 0 saturated carbocycles. The molecule has 0 N–H and O–H groups in total. The molecule has 1 unspecified atom stereocenters. The molecule has 90 valence electrons. The lowest BCUT2D eigenvalue weighted by Gasteiger charge is -1.98. The van der Waals surface area contributed by atoms with Gasteiger partial charge in [-0.05, 0) is 12.8 Å². The Kier molecular flexibility index (Phi) is 14.9. The van der Waals surface area contributed by atoms with Crippen molar-refractivity contribution in [2.24, 2.45) is 4.52 Å². The zero-order valence-corrected chi connectivity index (χ0v) is 11.8. The van der Waals surface area contributed by atoms with Crippen molar-refractivity contribution in [2.75, 3.05) is 13.2 Å². The van der Waals surface area contributed by atoms with Crippen LogP contribution in [0.5, 0.6) is 0 Å². The van der Waals surface area contributed by atoms with Gasteiger partial charge in [0.15, 0.2) is 8.60 Å². The number of nitrogens with zero attached hydrogens (tertiary/aromatic N) is 1. The zero-order valence-electron chi connectivity index (χ0n) is 9.87. The summed E-state index contributed by atoms with van der Waals surface area (Å²) in [4.78, 5) is 0. The highest BCUT2D eigenvalue weighted by Gasteiger charge is 1.87. The van der Waals surface area contributed by atoms with Gasteiger partial charge in [-0.25, -0.2) is 0 Å². The Morgan fingerprint density at radius 3 is 2.33 bits per heavy atom. The fourth-order valence-electron chi connectivity index (χ4n) is 1.00. The molecule has 0 amide bonds. The first-order valence-electron chi connectivity index (χ1n) is 5.80. The van der Waals surface area contributed by atoms with Crippen LogP contribution in [0.1, 0.15) is 52.4 Å². The summed E-state index contributed by atoms with van der Waals surface area (Å²) >= 11 is 0. The highest BCUT2D eigenvalue weighted by molar-refractivity contribution is 7.39. The predicted octanol–water partition coefficient (Wildman–Crippen LogP) is 4.95. The van der Waals surface area contributed by atoms with Crippen molar-refractivity contribution in [3.05, 3.63) is 0 Å². The summed E-state index contributed by atoms with van der Waals surface area (Å²) < 4.78 is 14.8. The predicted molar refractivity (Wildman–Crippen MR) is 68.6 cm³/mol. The summed E-state index contributed by atoms with van der Waals surface area (Å²) in [6.07, 6.45) is 7.25. The van der Waals surface area contributed by atoms with E-state index in [1.807, 2.05) is 0 Å². The lowest BCUT2D eigenvalue weighted by atomic mass is 10.3. The highest BCUT2D eigenvalue weighted by atomic mass is 31.1. The van der Waals surface area contributed by atoms with E-state index in [1.54, 1.807) is 0 Å². The Labute approximate surface area is 97.2 Å². The van der Waals surface area contributed by atoms with Crippen LogP contribution in [0, 0.1) is 0 Å². The van der Waals surface area contributed by atoms with Crippen LogP contribution in [0.2, 0.25) is 0 Å². The molecule has 0 aliphatic carbocycles. The van der Waals surface area contributed by atoms with Gasteiger partial charge in [-0.3, -0.25) is 0 Å². The summed E-state index contributed by atoms with van der Waals surface area (Å²) in [5, 5.41) is 0. The Morgan fingerprint density at radius 1 is 1.00 bits per heavy atom. The fraction of sp³-hybridized carbons (Fsp3) is 1.00. The van der Waals surface area contributed by atoms with Crippen molar-refractivity contribution in [2.45, 2.75) is 52.4 Å². The van der Waals surface area contributed by atoms with Crippen molar-refractivity contribution < 1.29 is 9.05 Å². The van der Waals surface area contributed by atoms with Crippen molar-refractivity contribution >= 4 is 17.6 Å². The van der Waals surface area contributed by atoms with Crippen LogP contribution < -0.4 is 0 Å². The molecule has 0 aliphatic rings. The highest BCUT2D eigenvalue weighted by Crippen LogP contribution is 2.21. The number of rotatable bonds is 11. The summed E-state index contributed by atoms with van der Waals surface area (Å²) in [7, 11) is 0.967. The molecule has 0 fully saturated rings. The molecule has 5 heteroatoms. The summed E-state index contributed by atoms with van der Waals surface area (Å²) in [6, 6.07) is 0. The van der Waals surface area contributed by atoms with Gasteiger partial charge in [-0.2, -0.15) is 4.52 Å². The number of unbranched alkanes of at least 4 members (excludes halogenated alkanes) is 4. The molecule has 0 saturated heterocycles. The molecular weight excluding hydrogens is 228 g/mol. The third-order valence-electron chi connectivity index (χ3n) is 1.89. The Bertz CT molecular complexity index is 145. The van der Waals surface area contributed by atoms with E-state index in [-0.39, 0.29) is 8.96 Å². The lowest BCUT2D eigenvalue weighted by Crippen LogP contribution is -1.83. The van der Waals surface area contributed by atoms with Crippen LogP contribution in [0.25, 0.3) is 0 Å². The van der Waals surface area contributed by atoms with Gasteiger partial charge in [0.25, 0.3) is 0 Å². The molecule has 0 aromatic rings. The van der Waals surface area contributed by atoms with E-state index >= 15 is 0 Å². The fourth-order valence-corrected chi connectivity index (χ4v) is 2.04. The molecule has 15 heavy (non-hydrogen) atoms. The summed E-state index contributed by atoms with van der Waals surface area (Å²) in [6.45, 7) is 6.03. The molecule has 0 bridgehead atoms. The van der Waals surface area contributed by atoms with Gasteiger partial charge < -0.3 is 9.05 Å². The lowest BCUT2D eigenvalue weighted by molar-refractivity contribution is 0.344. The molecule has 1 atom stereocenters. The average molecular weight is 251 g/mol. The Balaban J connectivity index is 2.97.